The summed E-state index contributed by atoms with van der Waals surface area (Å²) in [6, 6.07) is 13.7. The molecule has 4 nitrogen and oxygen atoms in total. The molecule has 0 fully saturated rings. The third-order valence-corrected chi connectivity index (χ3v) is 3.76. The molecular weight excluding hydrogens is 300 g/mol. The van der Waals surface area contributed by atoms with E-state index in [4.69, 9.17) is 0 Å². The van der Waals surface area contributed by atoms with Crippen molar-refractivity contribution in [3.05, 3.63) is 59.2 Å². The third-order valence-electron chi connectivity index (χ3n) is 3.76. The summed E-state index contributed by atoms with van der Waals surface area (Å²) < 4.78 is 0. The number of hydrogen-bond donors (Lipinski definition) is 1. The van der Waals surface area contributed by atoms with Crippen LogP contribution in [0, 0.1) is 20.8 Å². The van der Waals surface area contributed by atoms with Gasteiger partial charge < -0.3 is 10.2 Å². The maximum Gasteiger partial charge on any atom is 0.226 e. The Hall–Kier alpha value is -2.62. The SMILES string of the molecule is CC(=O)N(CCC(=O)Nc1cccc(C)c1)c1cc(C)cc(C)c1. The summed E-state index contributed by atoms with van der Waals surface area (Å²) in [5.41, 5.74) is 4.90. The molecule has 0 saturated heterocycles. The Balaban J connectivity index is 2.03. The normalized spacial score (nSPS) is 10.3. The number of carbonyl (C=O) groups excluding carboxylic acids is 2. The highest BCUT2D eigenvalue weighted by atomic mass is 16.2. The number of rotatable bonds is 5. The summed E-state index contributed by atoms with van der Waals surface area (Å²) in [7, 11) is 0. The number of amides is 2. The summed E-state index contributed by atoms with van der Waals surface area (Å²) in [6.07, 6.45) is 0.251. The summed E-state index contributed by atoms with van der Waals surface area (Å²) in [6.45, 7) is 7.86. The summed E-state index contributed by atoms with van der Waals surface area (Å²) in [5.74, 6) is -0.167. The molecule has 2 amide bonds. The van der Waals surface area contributed by atoms with Gasteiger partial charge in [-0.2, -0.15) is 0 Å². The number of aryl methyl sites for hydroxylation is 3. The molecule has 24 heavy (non-hydrogen) atoms. The van der Waals surface area contributed by atoms with Crippen molar-refractivity contribution < 1.29 is 9.59 Å². The van der Waals surface area contributed by atoms with Gasteiger partial charge in [-0.15, -0.1) is 0 Å². The molecule has 0 aliphatic heterocycles. The van der Waals surface area contributed by atoms with Crippen LogP contribution in [-0.4, -0.2) is 18.4 Å². The van der Waals surface area contributed by atoms with E-state index < -0.39 is 0 Å². The minimum atomic E-state index is -0.101. The second-order valence-electron chi connectivity index (χ2n) is 6.18. The molecule has 0 aliphatic rings. The number of nitrogens with zero attached hydrogens (tertiary/aromatic N) is 1. The number of hydrogen-bond acceptors (Lipinski definition) is 2. The van der Waals surface area contributed by atoms with Gasteiger partial charge in [0, 0.05) is 31.3 Å². The maximum atomic E-state index is 12.2. The van der Waals surface area contributed by atoms with E-state index in [1.54, 1.807) is 4.90 Å². The Morgan fingerprint density at radius 2 is 1.62 bits per heavy atom. The summed E-state index contributed by atoms with van der Waals surface area (Å²) in [4.78, 5) is 25.8. The number of benzene rings is 2. The van der Waals surface area contributed by atoms with Crippen LogP contribution in [0.15, 0.2) is 42.5 Å². The third kappa shape index (κ3) is 4.95. The standard InChI is InChI=1S/C20H24N2O2/c1-14-6-5-7-18(11-14)21-20(24)8-9-22(17(4)23)19-12-15(2)10-16(3)13-19/h5-7,10-13H,8-9H2,1-4H3,(H,21,24). The highest BCUT2D eigenvalue weighted by Gasteiger charge is 2.14. The van der Waals surface area contributed by atoms with Crippen molar-refractivity contribution in [2.24, 2.45) is 0 Å². The zero-order valence-electron chi connectivity index (χ0n) is 14.7. The average molecular weight is 324 g/mol. The van der Waals surface area contributed by atoms with Crippen LogP contribution >= 0.6 is 0 Å². The molecule has 0 heterocycles. The number of nitrogens with one attached hydrogen (secondary N) is 1. The van der Waals surface area contributed by atoms with Gasteiger partial charge in [0.2, 0.25) is 11.8 Å². The smallest absolute Gasteiger partial charge is 0.226 e. The molecule has 2 aromatic rings. The Morgan fingerprint density at radius 1 is 0.958 bits per heavy atom. The maximum absolute atomic E-state index is 12.2. The van der Waals surface area contributed by atoms with Gasteiger partial charge in [-0.05, 0) is 61.7 Å². The van der Waals surface area contributed by atoms with E-state index in [0.717, 1.165) is 28.1 Å². The molecule has 0 atom stereocenters. The van der Waals surface area contributed by atoms with Gasteiger partial charge in [0.25, 0.3) is 0 Å². The first kappa shape index (κ1) is 17.7. The van der Waals surface area contributed by atoms with Gasteiger partial charge in [-0.3, -0.25) is 9.59 Å². The Bertz CT molecular complexity index is 733. The molecule has 4 heteroatoms. The van der Waals surface area contributed by atoms with Crippen molar-refractivity contribution in [1.29, 1.82) is 0 Å². The largest absolute Gasteiger partial charge is 0.326 e. The number of anilines is 2. The Labute approximate surface area is 143 Å². The van der Waals surface area contributed by atoms with E-state index in [2.05, 4.69) is 11.4 Å². The first-order valence-corrected chi connectivity index (χ1v) is 8.08. The van der Waals surface area contributed by atoms with Crippen molar-refractivity contribution in [2.75, 3.05) is 16.8 Å². The lowest BCUT2D eigenvalue weighted by Gasteiger charge is -2.22. The topological polar surface area (TPSA) is 49.4 Å². The van der Waals surface area contributed by atoms with E-state index in [9.17, 15) is 9.59 Å². The van der Waals surface area contributed by atoms with Crippen LogP contribution in [0.5, 0.6) is 0 Å². The van der Waals surface area contributed by atoms with Gasteiger partial charge in [-0.25, -0.2) is 0 Å². The molecule has 2 rings (SSSR count). The second-order valence-corrected chi connectivity index (χ2v) is 6.18. The zero-order valence-corrected chi connectivity index (χ0v) is 14.7. The zero-order chi connectivity index (χ0) is 17.7. The summed E-state index contributed by atoms with van der Waals surface area (Å²) >= 11 is 0. The first-order chi connectivity index (χ1) is 11.3. The fourth-order valence-electron chi connectivity index (χ4n) is 2.73. The van der Waals surface area contributed by atoms with E-state index in [-0.39, 0.29) is 18.2 Å². The molecule has 2 aromatic carbocycles. The van der Waals surface area contributed by atoms with Crippen molar-refractivity contribution in [2.45, 2.75) is 34.1 Å². The molecule has 0 unspecified atom stereocenters. The van der Waals surface area contributed by atoms with E-state index in [1.807, 2.05) is 57.2 Å². The van der Waals surface area contributed by atoms with Crippen molar-refractivity contribution in [3.63, 3.8) is 0 Å². The molecule has 0 aliphatic carbocycles. The highest BCUT2D eigenvalue weighted by Crippen LogP contribution is 2.19. The lowest BCUT2D eigenvalue weighted by Crippen LogP contribution is -2.32. The van der Waals surface area contributed by atoms with E-state index >= 15 is 0 Å². The average Bonchev–Trinajstić information content (AvgIpc) is 2.46. The van der Waals surface area contributed by atoms with Gasteiger partial charge in [-0.1, -0.05) is 18.2 Å². The van der Waals surface area contributed by atoms with Crippen molar-refractivity contribution >= 4 is 23.2 Å². The minimum absolute atomic E-state index is 0.0663. The van der Waals surface area contributed by atoms with Crippen LogP contribution in [0.2, 0.25) is 0 Å². The molecule has 0 spiro atoms. The van der Waals surface area contributed by atoms with Gasteiger partial charge in [0.1, 0.15) is 0 Å². The van der Waals surface area contributed by atoms with Crippen LogP contribution in [0.4, 0.5) is 11.4 Å². The fraction of sp³-hybridized carbons (Fsp3) is 0.300. The molecule has 0 radical (unpaired) electrons. The van der Waals surface area contributed by atoms with Crippen molar-refractivity contribution in [3.8, 4) is 0 Å². The predicted molar refractivity (Wildman–Crippen MR) is 98.4 cm³/mol. The molecule has 0 bridgehead atoms. The Kier molecular flexibility index (Phi) is 5.74. The predicted octanol–water partition coefficient (Wildman–Crippen LogP) is 3.99. The van der Waals surface area contributed by atoms with Gasteiger partial charge in [0.15, 0.2) is 0 Å². The van der Waals surface area contributed by atoms with Crippen LogP contribution in [-0.2, 0) is 9.59 Å². The van der Waals surface area contributed by atoms with E-state index in [1.165, 1.54) is 6.92 Å². The van der Waals surface area contributed by atoms with Crippen LogP contribution in [0.1, 0.15) is 30.0 Å². The molecule has 1 N–H and O–H groups in total. The molecule has 126 valence electrons. The minimum Gasteiger partial charge on any atom is -0.326 e. The lowest BCUT2D eigenvalue weighted by molar-refractivity contribution is -0.117. The highest BCUT2D eigenvalue weighted by molar-refractivity contribution is 5.95. The van der Waals surface area contributed by atoms with Crippen LogP contribution in [0.25, 0.3) is 0 Å². The van der Waals surface area contributed by atoms with Gasteiger partial charge >= 0.3 is 0 Å². The van der Waals surface area contributed by atoms with Crippen LogP contribution in [0.3, 0.4) is 0 Å². The Morgan fingerprint density at radius 3 is 2.21 bits per heavy atom. The van der Waals surface area contributed by atoms with Crippen molar-refractivity contribution in [1.82, 2.24) is 0 Å². The number of carbonyl (C=O) groups is 2. The first-order valence-electron chi connectivity index (χ1n) is 8.08. The molecule has 0 saturated carbocycles. The monoisotopic (exact) mass is 324 g/mol. The second kappa shape index (κ2) is 7.77. The van der Waals surface area contributed by atoms with E-state index in [0.29, 0.717) is 6.54 Å². The molecule has 0 aromatic heterocycles. The summed E-state index contributed by atoms with van der Waals surface area (Å²) in [5, 5.41) is 2.87. The lowest BCUT2D eigenvalue weighted by atomic mass is 10.1. The van der Waals surface area contributed by atoms with Crippen LogP contribution < -0.4 is 10.2 Å². The fourth-order valence-corrected chi connectivity index (χ4v) is 2.73. The van der Waals surface area contributed by atoms with Gasteiger partial charge in [0.05, 0.1) is 0 Å². The quantitative estimate of drug-likeness (QED) is 0.904. The molecular formula is C20H24N2O2.